The molecule has 2 rings (SSSR count). The first-order valence-electron chi connectivity index (χ1n) is 5.30. The summed E-state index contributed by atoms with van der Waals surface area (Å²) in [6, 6.07) is 3.87. The van der Waals surface area contributed by atoms with Crippen LogP contribution in [0.5, 0.6) is 0 Å². The highest BCUT2D eigenvalue weighted by molar-refractivity contribution is 7.99. The van der Waals surface area contributed by atoms with Crippen molar-refractivity contribution in [3.05, 3.63) is 29.3 Å². The van der Waals surface area contributed by atoms with Crippen LogP contribution in [0.1, 0.15) is 6.92 Å². The molecule has 1 N–H and O–H groups in total. The van der Waals surface area contributed by atoms with Gasteiger partial charge >= 0.3 is 0 Å². The highest BCUT2D eigenvalue weighted by Gasteiger charge is 2.10. The van der Waals surface area contributed by atoms with Crippen LogP contribution in [0.15, 0.2) is 24.5 Å². The standard InChI is InChI=1S/C11H14N4S2/c1-8(17-2)7-15-10(13-14-11(15)16)9-3-5-12-6-4-9/h3-6,8H,7H2,1-2H3,(H,14,16). The molecular formula is C11H14N4S2. The molecular weight excluding hydrogens is 252 g/mol. The Morgan fingerprint density at radius 2 is 2.18 bits per heavy atom. The number of nitrogens with zero attached hydrogens (tertiary/aromatic N) is 3. The molecule has 2 aromatic rings. The lowest BCUT2D eigenvalue weighted by Gasteiger charge is -2.11. The Morgan fingerprint density at radius 1 is 1.47 bits per heavy atom. The summed E-state index contributed by atoms with van der Waals surface area (Å²) in [6.07, 6.45) is 5.62. The van der Waals surface area contributed by atoms with Gasteiger partial charge in [0, 0.05) is 29.8 Å². The Balaban J connectivity index is 2.39. The van der Waals surface area contributed by atoms with E-state index in [9.17, 15) is 0 Å². The van der Waals surface area contributed by atoms with Gasteiger partial charge in [0.05, 0.1) is 0 Å². The SMILES string of the molecule is CSC(C)Cn1c(-c2ccncc2)n[nH]c1=S. The van der Waals surface area contributed by atoms with E-state index >= 15 is 0 Å². The quantitative estimate of drug-likeness (QED) is 0.864. The first kappa shape index (κ1) is 12.3. The van der Waals surface area contributed by atoms with Crippen LogP contribution in [-0.4, -0.2) is 31.3 Å². The molecule has 0 bridgehead atoms. The predicted octanol–water partition coefficient (Wildman–Crippen LogP) is 2.75. The highest BCUT2D eigenvalue weighted by atomic mass is 32.2. The van der Waals surface area contributed by atoms with E-state index in [2.05, 4.69) is 28.4 Å². The molecule has 0 spiro atoms. The molecule has 17 heavy (non-hydrogen) atoms. The molecule has 2 heterocycles. The minimum Gasteiger partial charge on any atom is -0.299 e. The average Bonchev–Trinajstić information content (AvgIpc) is 2.72. The van der Waals surface area contributed by atoms with E-state index in [0.717, 1.165) is 17.9 Å². The molecule has 0 aliphatic heterocycles. The zero-order valence-electron chi connectivity index (χ0n) is 9.75. The largest absolute Gasteiger partial charge is 0.299 e. The van der Waals surface area contributed by atoms with Crippen molar-refractivity contribution in [3.8, 4) is 11.4 Å². The van der Waals surface area contributed by atoms with E-state index in [1.54, 1.807) is 12.4 Å². The maximum absolute atomic E-state index is 5.26. The van der Waals surface area contributed by atoms with Crippen molar-refractivity contribution in [2.24, 2.45) is 0 Å². The molecule has 0 amide bonds. The number of hydrogen-bond acceptors (Lipinski definition) is 4. The number of rotatable bonds is 4. The number of aromatic amines is 1. The second-order valence-electron chi connectivity index (χ2n) is 3.75. The van der Waals surface area contributed by atoms with Crippen molar-refractivity contribution in [3.63, 3.8) is 0 Å². The highest BCUT2D eigenvalue weighted by Crippen LogP contribution is 2.18. The number of nitrogens with one attached hydrogen (secondary N) is 1. The van der Waals surface area contributed by atoms with Gasteiger partial charge in [-0.25, -0.2) is 0 Å². The third kappa shape index (κ3) is 2.76. The minimum atomic E-state index is 0.500. The fourth-order valence-corrected chi connectivity index (χ4v) is 2.04. The van der Waals surface area contributed by atoms with Crippen LogP contribution < -0.4 is 0 Å². The molecule has 90 valence electrons. The third-order valence-electron chi connectivity index (χ3n) is 2.54. The number of H-pyrrole nitrogens is 1. The van der Waals surface area contributed by atoms with Crippen LogP contribution in [-0.2, 0) is 6.54 Å². The second kappa shape index (κ2) is 5.46. The van der Waals surface area contributed by atoms with Crippen LogP contribution in [0.4, 0.5) is 0 Å². The summed E-state index contributed by atoms with van der Waals surface area (Å²) in [5.74, 6) is 0.873. The van der Waals surface area contributed by atoms with Crippen molar-refractivity contribution >= 4 is 24.0 Å². The minimum absolute atomic E-state index is 0.500. The van der Waals surface area contributed by atoms with Crippen LogP contribution in [0.2, 0.25) is 0 Å². The van der Waals surface area contributed by atoms with Gasteiger partial charge in [-0.3, -0.25) is 14.6 Å². The van der Waals surface area contributed by atoms with Crippen molar-refractivity contribution in [2.75, 3.05) is 6.26 Å². The topological polar surface area (TPSA) is 46.5 Å². The summed E-state index contributed by atoms with van der Waals surface area (Å²) in [7, 11) is 0. The lowest BCUT2D eigenvalue weighted by atomic mass is 10.2. The van der Waals surface area contributed by atoms with Crippen LogP contribution in [0.25, 0.3) is 11.4 Å². The van der Waals surface area contributed by atoms with Gasteiger partial charge in [-0.15, -0.1) is 0 Å². The van der Waals surface area contributed by atoms with E-state index in [0.29, 0.717) is 10.0 Å². The molecule has 0 radical (unpaired) electrons. The fraction of sp³-hybridized carbons (Fsp3) is 0.364. The Morgan fingerprint density at radius 3 is 2.82 bits per heavy atom. The number of aromatic nitrogens is 4. The van der Waals surface area contributed by atoms with Crippen molar-refractivity contribution in [2.45, 2.75) is 18.7 Å². The van der Waals surface area contributed by atoms with Gasteiger partial charge in [-0.1, -0.05) is 6.92 Å². The van der Waals surface area contributed by atoms with Crippen molar-refractivity contribution in [1.82, 2.24) is 19.7 Å². The zero-order valence-corrected chi connectivity index (χ0v) is 11.4. The zero-order chi connectivity index (χ0) is 12.3. The number of pyridine rings is 1. The van der Waals surface area contributed by atoms with E-state index in [1.165, 1.54) is 0 Å². The van der Waals surface area contributed by atoms with Crippen LogP contribution >= 0.6 is 24.0 Å². The summed E-state index contributed by atoms with van der Waals surface area (Å²) < 4.78 is 2.70. The van der Waals surface area contributed by atoms with Gasteiger partial charge in [0.25, 0.3) is 0 Å². The van der Waals surface area contributed by atoms with E-state index in [-0.39, 0.29) is 0 Å². The molecule has 6 heteroatoms. The molecule has 0 saturated carbocycles. The third-order valence-corrected chi connectivity index (χ3v) is 3.80. The smallest absolute Gasteiger partial charge is 0.195 e. The first-order chi connectivity index (χ1) is 8.22. The van der Waals surface area contributed by atoms with E-state index in [4.69, 9.17) is 12.2 Å². The predicted molar refractivity (Wildman–Crippen MR) is 73.6 cm³/mol. The Labute approximate surface area is 109 Å². The van der Waals surface area contributed by atoms with Gasteiger partial charge < -0.3 is 0 Å². The average molecular weight is 266 g/mol. The van der Waals surface area contributed by atoms with Crippen LogP contribution in [0, 0.1) is 4.77 Å². The van der Waals surface area contributed by atoms with Gasteiger partial charge in [0.1, 0.15) is 0 Å². The van der Waals surface area contributed by atoms with E-state index < -0.39 is 0 Å². The second-order valence-corrected chi connectivity index (χ2v) is 5.41. The maximum atomic E-state index is 5.26. The van der Waals surface area contributed by atoms with Gasteiger partial charge in [0.15, 0.2) is 10.6 Å². The number of hydrogen-bond donors (Lipinski definition) is 1. The monoisotopic (exact) mass is 266 g/mol. The molecule has 1 atom stereocenters. The summed E-state index contributed by atoms with van der Waals surface area (Å²) >= 11 is 7.07. The molecule has 0 aliphatic carbocycles. The molecule has 2 aromatic heterocycles. The lowest BCUT2D eigenvalue weighted by molar-refractivity contribution is 0.688. The summed E-state index contributed by atoms with van der Waals surface area (Å²) in [4.78, 5) is 4.01. The van der Waals surface area contributed by atoms with Gasteiger partial charge in [0.2, 0.25) is 0 Å². The van der Waals surface area contributed by atoms with Crippen molar-refractivity contribution < 1.29 is 0 Å². The molecule has 0 aliphatic rings. The molecule has 4 nitrogen and oxygen atoms in total. The summed E-state index contributed by atoms with van der Waals surface area (Å²) in [6.45, 7) is 3.03. The number of thioether (sulfide) groups is 1. The van der Waals surface area contributed by atoms with Crippen LogP contribution in [0.3, 0.4) is 0 Å². The van der Waals surface area contributed by atoms with Crippen molar-refractivity contribution in [1.29, 1.82) is 0 Å². The summed E-state index contributed by atoms with van der Waals surface area (Å²) in [5.41, 5.74) is 1.03. The lowest BCUT2D eigenvalue weighted by Crippen LogP contribution is -2.10. The van der Waals surface area contributed by atoms with Gasteiger partial charge in [-0.2, -0.15) is 16.9 Å². The maximum Gasteiger partial charge on any atom is 0.195 e. The first-order valence-corrected chi connectivity index (χ1v) is 7.00. The molecule has 0 saturated heterocycles. The Hall–Kier alpha value is -1.14. The Kier molecular flexibility index (Phi) is 3.96. The molecule has 0 aromatic carbocycles. The Bertz CT molecular complexity index is 532. The normalized spacial score (nSPS) is 12.6. The molecule has 1 unspecified atom stereocenters. The van der Waals surface area contributed by atoms with E-state index in [1.807, 2.05) is 28.5 Å². The fourth-order valence-electron chi connectivity index (χ4n) is 1.54. The molecule has 0 fully saturated rings. The van der Waals surface area contributed by atoms with Gasteiger partial charge in [-0.05, 0) is 30.6 Å². The summed E-state index contributed by atoms with van der Waals surface area (Å²) in [5, 5.41) is 7.63.